The summed E-state index contributed by atoms with van der Waals surface area (Å²) in [5.41, 5.74) is 1.37. The van der Waals surface area contributed by atoms with E-state index < -0.39 is 0 Å². The molecular formula is C36H54N2O4. The molecule has 2 N–H and O–H groups in total. The number of unbranched alkanes of at least 4 members (excludes halogenated alkanes) is 10. The Hall–Kier alpha value is -3.02. The lowest BCUT2D eigenvalue weighted by atomic mass is 9.91. The van der Waals surface area contributed by atoms with E-state index in [-0.39, 0.29) is 23.6 Å². The van der Waals surface area contributed by atoms with Crippen molar-refractivity contribution < 1.29 is 19.7 Å². The van der Waals surface area contributed by atoms with Crippen molar-refractivity contribution in [1.82, 2.24) is 0 Å². The van der Waals surface area contributed by atoms with Crippen LogP contribution in [0.2, 0.25) is 0 Å². The molecule has 6 heteroatoms. The van der Waals surface area contributed by atoms with Crippen molar-refractivity contribution in [2.75, 3.05) is 13.2 Å². The Labute approximate surface area is 254 Å². The van der Waals surface area contributed by atoms with Gasteiger partial charge in [-0.15, -0.1) is 0 Å². The van der Waals surface area contributed by atoms with Gasteiger partial charge in [-0.3, -0.25) is 9.98 Å². The Morgan fingerprint density at radius 2 is 1.02 bits per heavy atom. The Balaban J connectivity index is 1.48. The van der Waals surface area contributed by atoms with Gasteiger partial charge in [0.2, 0.25) is 0 Å². The van der Waals surface area contributed by atoms with Crippen LogP contribution in [0.1, 0.15) is 128 Å². The van der Waals surface area contributed by atoms with Crippen molar-refractivity contribution in [1.29, 1.82) is 0 Å². The first-order valence-corrected chi connectivity index (χ1v) is 16.6. The SMILES string of the molecule is CCCCCCCCOc1ccc(C=N[C@H]2CCCC[C@@H]2N=Cc2ccc(OCCCCCCCC)cc2O)c(O)c1. The Morgan fingerprint density at radius 3 is 1.43 bits per heavy atom. The van der Waals surface area contributed by atoms with Crippen LogP contribution in [0.4, 0.5) is 0 Å². The molecule has 232 valence electrons. The van der Waals surface area contributed by atoms with Crippen molar-refractivity contribution >= 4 is 12.4 Å². The predicted octanol–water partition coefficient (Wildman–Crippen LogP) is 9.43. The molecule has 3 rings (SSSR count). The van der Waals surface area contributed by atoms with Gasteiger partial charge in [-0.2, -0.15) is 0 Å². The predicted molar refractivity (Wildman–Crippen MR) is 175 cm³/mol. The molecule has 2 aromatic rings. The minimum atomic E-state index is 0.0418. The highest BCUT2D eigenvalue weighted by Crippen LogP contribution is 2.28. The second-order valence-corrected chi connectivity index (χ2v) is 11.6. The van der Waals surface area contributed by atoms with Crippen LogP contribution in [0.3, 0.4) is 0 Å². The van der Waals surface area contributed by atoms with Crippen molar-refractivity contribution in [3.8, 4) is 23.0 Å². The Bertz CT molecular complexity index is 999. The highest BCUT2D eigenvalue weighted by Gasteiger charge is 2.23. The van der Waals surface area contributed by atoms with Gasteiger partial charge in [0.05, 0.1) is 25.3 Å². The highest BCUT2D eigenvalue weighted by atomic mass is 16.5. The zero-order chi connectivity index (χ0) is 29.8. The maximum absolute atomic E-state index is 10.6. The van der Waals surface area contributed by atoms with Gasteiger partial charge in [-0.25, -0.2) is 0 Å². The summed E-state index contributed by atoms with van der Waals surface area (Å²) in [6.07, 6.45) is 22.3. The number of ether oxygens (including phenoxy) is 2. The molecule has 0 heterocycles. The standard InChI is InChI=1S/C36H54N2O4/c1-3-5-7-9-11-15-23-41-31-21-19-29(35(39)25-31)27-37-33-17-13-14-18-34(33)38-28-30-20-22-32(26-36(30)40)42-24-16-12-10-8-6-4-2/h19-22,25-28,33-34,39-40H,3-18,23-24H2,1-2H3/t33-,34-/m0/s1. The zero-order valence-electron chi connectivity index (χ0n) is 26.1. The lowest BCUT2D eigenvalue weighted by Gasteiger charge is -2.25. The molecule has 0 amide bonds. The second-order valence-electron chi connectivity index (χ2n) is 11.6. The lowest BCUT2D eigenvalue weighted by Crippen LogP contribution is -2.27. The third-order valence-corrected chi connectivity index (χ3v) is 8.04. The molecule has 42 heavy (non-hydrogen) atoms. The van der Waals surface area contributed by atoms with E-state index in [1.165, 1.54) is 64.2 Å². The van der Waals surface area contributed by atoms with Crippen LogP contribution in [0, 0.1) is 0 Å². The normalized spacial score (nSPS) is 17.3. The number of hydrogen-bond donors (Lipinski definition) is 2. The number of aliphatic imine (C=N–C) groups is 2. The molecule has 0 spiro atoms. The first-order valence-electron chi connectivity index (χ1n) is 16.6. The number of phenols is 2. The third kappa shape index (κ3) is 12.5. The third-order valence-electron chi connectivity index (χ3n) is 8.04. The van der Waals surface area contributed by atoms with E-state index in [0.717, 1.165) is 38.5 Å². The molecule has 0 saturated heterocycles. The number of rotatable bonds is 20. The van der Waals surface area contributed by atoms with E-state index in [1.54, 1.807) is 24.6 Å². The molecule has 1 aliphatic rings. The van der Waals surface area contributed by atoms with Gasteiger partial charge in [0, 0.05) is 35.7 Å². The van der Waals surface area contributed by atoms with E-state index in [9.17, 15) is 10.2 Å². The largest absolute Gasteiger partial charge is 0.507 e. The quantitative estimate of drug-likeness (QED) is 0.121. The molecule has 1 saturated carbocycles. The minimum Gasteiger partial charge on any atom is -0.507 e. The number of phenolic OH excluding ortho intramolecular Hbond substituents is 2. The summed E-state index contributed by atoms with van der Waals surface area (Å²) < 4.78 is 11.7. The van der Waals surface area contributed by atoms with Crippen LogP contribution in [0.25, 0.3) is 0 Å². The van der Waals surface area contributed by atoms with E-state index in [0.29, 0.717) is 35.8 Å². The van der Waals surface area contributed by atoms with Gasteiger partial charge in [-0.05, 0) is 49.9 Å². The molecule has 0 radical (unpaired) electrons. The fourth-order valence-electron chi connectivity index (χ4n) is 5.38. The summed E-state index contributed by atoms with van der Waals surface area (Å²) in [5, 5.41) is 21.1. The molecule has 2 aromatic carbocycles. The molecule has 0 unspecified atom stereocenters. The van der Waals surface area contributed by atoms with Crippen LogP contribution in [0.5, 0.6) is 23.0 Å². The van der Waals surface area contributed by atoms with Crippen LogP contribution in [-0.4, -0.2) is 47.9 Å². The average molecular weight is 579 g/mol. The molecule has 1 fully saturated rings. The Kier molecular flexibility index (Phi) is 15.9. The number of nitrogens with zero attached hydrogens (tertiary/aromatic N) is 2. The maximum Gasteiger partial charge on any atom is 0.128 e. The van der Waals surface area contributed by atoms with Crippen LogP contribution in [0.15, 0.2) is 46.4 Å². The van der Waals surface area contributed by atoms with E-state index in [4.69, 9.17) is 19.5 Å². The smallest absolute Gasteiger partial charge is 0.128 e. The van der Waals surface area contributed by atoms with E-state index >= 15 is 0 Å². The van der Waals surface area contributed by atoms with Gasteiger partial charge >= 0.3 is 0 Å². The van der Waals surface area contributed by atoms with Crippen LogP contribution in [-0.2, 0) is 0 Å². The molecule has 0 aliphatic heterocycles. The number of hydrogen-bond acceptors (Lipinski definition) is 6. The number of benzene rings is 2. The van der Waals surface area contributed by atoms with Crippen LogP contribution < -0.4 is 9.47 Å². The first-order chi connectivity index (χ1) is 20.6. The van der Waals surface area contributed by atoms with Gasteiger partial charge in [0.15, 0.2) is 0 Å². The van der Waals surface area contributed by atoms with Gasteiger partial charge < -0.3 is 19.7 Å². The molecule has 0 bridgehead atoms. The maximum atomic E-state index is 10.6. The van der Waals surface area contributed by atoms with E-state index in [2.05, 4.69) is 13.8 Å². The summed E-state index contributed by atoms with van der Waals surface area (Å²) in [5.74, 6) is 1.74. The molecular weight excluding hydrogens is 524 g/mol. The molecule has 1 aliphatic carbocycles. The van der Waals surface area contributed by atoms with Crippen LogP contribution >= 0.6 is 0 Å². The Morgan fingerprint density at radius 1 is 0.619 bits per heavy atom. The van der Waals surface area contributed by atoms with Crippen molar-refractivity contribution in [2.45, 2.75) is 129 Å². The molecule has 2 atom stereocenters. The van der Waals surface area contributed by atoms with Gasteiger partial charge in [0.25, 0.3) is 0 Å². The first kappa shape index (κ1) is 33.5. The fourth-order valence-corrected chi connectivity index (χ4v) is 5.38. The summed E-state index contributed by atoms with van der Waals surface area (Å²) in [6.45, 7) is 5.80. The summed E-state index contributed by atoms with van der Waals surface area (Å²) in [4.78, 5) is 9.66. The molecule has 0 aromatic heterocycles. The van der Waals surface area contributed by atoms with Crippen molar-refractivity contribution in [3.63, 3.8) is 0 Å². The monoisotopic (exact) mass is 578 g/mol. The lowest BCUT2D eigenvalue weighted by molar-refractivity contribution is 0.302. The van der Waals surface area contributed by atoms with Crippen molar-refractivity contribution in [2.24, 2.45) is 9.98 Å². The molecule has 6 nitrogen and oxygen atoms in total. The number of aromatic hydroxyl groups is 2. The summed E-state index contributed by atoms with van der Waals surface area (Å²) in [6, 6.07) is 11.0. The summed E-state index contributed by atoms with van der Waals surface area (Å²) >= 11 is 0. The van der Waals surface area contributed by atoms with Gasteiger partial charge in [-0.1, -0.05) is 90.9 Å². The average Bonchev–Trinajstić information content (AvgIpc) is 3.00. The topological polar surface area (TPSA) is 83.6 Å². The minimum absolute atomic E-state index is 0.0418. The van der Waals surface area contributed by atoms with Crippen molar-refractivity contribution in [3.05, 3.63) is 47.5 Å². The summed E-state index contributed by atoms with van der Waals surface area (Å²) in [7, 11) is 0. The van der Waals surface area contributed by atoms with Gasteiger partial charge in [0.1, 0.15) is 23.0 Å². The fraction of sp³-hybridized carbons (Fsp3) is 0.611. The second kappa shape index (κ2) is 20.0. The highest BCUT2D eigenvalue weighted by molar-refractivity contribution is 5.85. The van der Waals surface area contributed by atoms with E-state index in [1.807, 2.05) is 24.3 Å². The zero-order valence-corrected chi connectivity index (χ0v) is 26.1.